The first-order valence-corrected chi connectivity index (χ1v) is 15.0. The summed E-state index contributed by atoms with van der Waals surface area (Å²) in [5, 5.41) is 12.6. The van der Waals surface area contributed by atoms with Crippen molar-refractivity contribution >= 4 is 47.4 Å². The van der Waals surface area contributed by atoms with Crippen molar-refractivity contribution in [3.63, 3.8) is 0 Å². The monoisotopic (exact) mass is 636 g/mol. The van der Waals surface area contributed by atoms with E-state index in [1.54, 1.807) is 62.5 Å². The summed E-state index contributed by atoms with van der Waals surface area (Å²) in [7, 11) is 1.56. The molecular formula is C33H44N6O7. The Morgan fingerprint density at radius 1 is 0.761 bits per heavy atom. The number of nitrogens with zero attached hydrogens (tertiary/aromatic N) is 1. The number of carbonyl (C=O) groups is 7. The first kappa shape index (κ1) is 38.7. The van der Waals surface area contributed by atoms with Crippen LogP contribution >= 0.6 is 0 Å². The SMILES string of the molecule is CC.CCNC(=O)CNC(=O)C(Cc1ccccc1)NC(=O)CNC(=O)CNC(=O)CCc1cccc(N(C)C(=O)/C=C\C=O)c1. The van der Waals surface area contributed by atoms with Gasteiger partial charge in [-0.25, -0.2) is 0 Å². The Morgan fingerprint density at radius 3 is 2.04 bits per heavy atom. The number of aldehydes is 1. The van der Waals surface area contributed by atoms with Gasteiger partial charge in [0.2, 0.25) is 29.5 Å². The Balaban J connectivity index is 0.00000518. The average Bonchev–Trinajstić information content (AvgIpc) is 3.07. The van der Waals surface area contributed by atoms with Crippen molar-refractivity contribution in [2.75, 3.05) is 38.1 Å². The number of rotatable bonds is 17. The van der Waals surface area contributed by atoms with E-state index < -0.39 is 30.3 Å². The normalized spacial score (nSPS) is 10.8. The molecule has 0 bridgehead atoms. The van der Waals surface area contributed by atoms with Crippen LogP contribution < -0.4 is 31.5 Å². The van der Waals surface area contributed by atoms with Crippen LogP contribution in [-0.2, 0) is 46.4 Å². The van der Waals surface area contributed by atoms with Crippen molar-refractivity contribution in [2.45, 2.75) is 46.1 Å². The van der Waals surface area contributed by atoms with Crippen LogP contribution in [0.15, 0.2) is 66.7 Å². The van der Waals surface area contributed by atoms with Crippen LogP contribution in [0, 0.1) is 0 Å². The van der Waals surface area contributed by atoms with Crippen molar-refractivity contribution in [3.05, 3.63) is 77.9 Å². The van der Waals surface area contributed by atoms with E-state index in [4.69, 9.17) is 0 Å². The van der Waals surface area contributed by atoms with Gasteiger partial charge in [-0.1, -0.05) is 56.3 Å². The van der Waals surface area contributed by atoms with Crippen LogP contribution in [0.25, 0.3) is 0 Å². The van der Waals surface area contributed by atoms with Crippen LogP contribution in [0.1, 0.15) is 38.3 Å². The summed E-state index contributed by atoms with van der Waals surface area (Å²) >= 11 is 0. The minimum absolute atomic E-state index is 0.0759. The number of allylic oxidation sites excluding steroid dienone is 1. The molecule has 0 aliphatic carbocycles. The molecule has 0 heterocycles. The molecule has 13 heteroatoms. The molecule has 0 saturated carbocycles. The Hall–Kier alpha value is -5.33. The second kappa shape index (κ2) is 22.2. The second-order valence-corrected chi connectivity index (χ2v) is 9.60. The summed E-state index contributed by atoms with van der Waals surface area (Å²) in [5.74, 6) is -2.90. The predicted octanol–water partition coefficient (Wildman–Crippen LogP) is 0.576. The third kappa shape index (κ3) is 15.4. The minimum Gasteiger partial charge on any atom is -0.355 e. The highest BCUT2D eigenvalue weighted by molar-refractivity contribution is 6.02. The summed E-state index contributed by atoms with van der Waals surface area (Å²) in [6, 6.07) is 15.0. The smallest absolute Gasteiger partial charge is 0.250 e. The zero-order valence-electron chi connectivity index (χ0n) is 26.8. The van der Waals surface area contributed by atoms with Gasteiger partial charge in [0.15, 0.2) is 0 Å². The molecule has 248 valence electrons. The molecule has 2 rings (SSSR count). The van der Waals surface area contributed by atoms with Gasteiger partial charge in [-0.3, -0.25) is 33.6 Å². The molecule has 0 radical (unpaired) electrons. The van der Waals surface area contributed by atoms with E-state index in [9.17, 15) is 33.6 Å². The summed E-state index contributed by atoms with van der Waals surface area (Å²) in [4.78, 5) is 85.4. The largest absolute Gasteiger partial charge is 0.355 e. The molecule has 0 fully saturated rings. The molecule has 0 aromatic heterocycles. The van der Waals surface area contributed by atoms with E-state index in [0.717, 1.165) is 23.3 Å². The van der Waals surface area contributed by atoms with Crippen molar-refractivity contribution in [1.82, 2.24) is 26.6 Å². The fraction of sp³-hybridized carbons (Fsp3) is 0.364. The van der Waals surface area contributed by atoms with Gasteiger partial charge < -0.3 is 31.5 Å². The Morgan fingerprint density at radius 2 is 1.37 bits per heavy atom. The lowest BCUT2D eigenvalue weighted by Crippen LogP contribution is -2.52. The molecule has 0 spiro atoms. The first-order chi connectivity index (χ1) is 22.1. The second-order valence-electron chi connectivity index (χ2n) is 9.60. The highest BCUT2D eigenvalue weighted by Gasteiger charge is 2.22. The van der Waals surface area contributed by atoms with Crippen molar-refractivity contribution in [3.8, 4) is 0 Å². The number of nitrogens with one attached hydrogen (secondary N) is 5. The van der Waals surface area contributed by atoms with E-state index in [2.05, 4.69) is 26.6 Å². The number of carbonyl (C=O) groups excluding carboxylic acids is 7. The molecular weight excluding hydrogens is 592 g/mol. The summed E-state index contributed by atoms with van der Waals surface area (Å²) < 4.78 is 0. The molecule has 13 nitrogen and oxygen atoms in total. The molecule has 2 aromatic carbocycles. The molecule has 46 heavy (non-hydrogen) atoms. The van der Waals surface area contributed by atoms with Gasteiger partial charge in [0, 0.05) is 38.2 Å². The molecule has 0 aliphatic heterocycles. The molecule has 0 aliphatic rings. The van der Waals surface area contributed by atoms with Crippen molar-refractivity contribution in [1.29, 1.82) is 0 Å². The molecule has 0 saturated heterocycles. The van der Waals surface area contributed by atoms with E-state index >= 15 is 0 Å². The Bertz CT molecular complexity index is 1350. The minimum atomic E-state index is -0.986. The highest BCUT2D eigenvalue weighted by Crippen LogP contribution is 2.16. The number of hydrogen-bond acceptors (Lipinski definition) is 7. The van der Waals surface area contributed by atoms with Crippen LogP contribution in [0.5, 0.6) is 0 Å². The zero-order valence-corrected chi connectivity index (χ0v) is 26.8. The van der Waals surface area contributed by atoms with Gasteiger partial charge in [-0.05, 0) is 42.7 Å². The number of anilines is 1. The van der Waals surface area contributed by atoms with Crippen LogP contribution in [0.4, 0.5) is 5.69 Å². The average molecular weight is 637 g/mol. The molecule has 6 amide bonds. The summed E-state index contributed by atoms with van der Waals surface area (Å²) in [6.07, 6.45) is 3.37. The van der Waals surface area contributed by atoms with Gasteiger partial charge in [-0.2, -0.15) is 0 Å². The third-order valence-corrected chi connectivity index (χ3v) is 6.21. The maximum atomic E-state index is 12.7. The van der Waals surface area contributed by atoms with E-state index in [0.29, 0.717) is 24.9 Å². The number of likely N-dealkylation sites (N-methyl/N-ethyl adjacent to an activating group) is 2. The van der Waals surface area contributed by atoms with Crippen molar-refractivity contribution < 1.29 is 33.6 Å². The molecule has 2 aromatic rings. The van der Waals surface area contributed by atoms with Gasteiger partial charge in [0.05, 0.1) is 19.6 Å². The number of aryl methyl sites for hydroxylation is 1. The lowest BCUT2D eigenvalue weighted by molar-refractivity contribution is -0.131. The van der Waals surface area contributed by atoms with Crippen LogP contribution in [0.3, 0.4) is 0 Å². The van der Waals surface area contributed by atoms with Crippen LogP contribution in [-0.4, -0.2) is 81.0 Å². The van der Waals surface area contributed by atoms with Crippen LogP contribution in [0.2, 0.25) is 0 Å². The maximum Gasteiger partial charge on any atom is 0.250 e. The topological polar surface area (TPSA) is 183 Å². The molecule has 5 N–H and O–H groups in total. The Kier molecular flexibility index (Phi) is 18.7. The fourth-order valence-electron chi connectivity index (χ4n) is 3.90. The van der Waals surface area contributed by atoms with E-state index in [1.165, 1.54) is 4.90 Å². The fourth-order valence-corrected chi connectivity index (χ4v) is 3.90. The summed E-state index contributed by atoms with van der Waals surface area (Å²) in [5.41, 5.74) is 2.17. The molecule has 1 atom stereocenters. The van der Waals surface area contributed by atoms with Gasteiger partial charge in [-0.15, -0.1) is 0 Å². The van der Waals surface area contributed by atoms with E-state index in [-0.39, 0.29) is 43.7 Å². The first-order valence-electron chi connectivity index (χ1n) is 15.0. The van der Waals surface area contributed by atoms with Crippen molar-refractivity contribution in [2.24, 2.45) is 0 Å². The lowest BCUT2D eigenvalue weighted by Gasteiger charge is -2.19. The standard InChI is InChI=1S/C31H38N6O7.C2H6/c1-3-32-27(40)20-35-31(44)25(18-22-9-5-4-6-10-22)36-29(42)21-34-28(41)19-33-26(39)15-14-23-11-7-12-24(17-23)37(2)30(43)13-8-16-38;1-2/h4-13,16-17,25H,3,14-15,18-21H2,1-2H3,(H,32,40)(H,33,39)(H,34,41)(H,35,44)(H,36,42);1-2H3/b13-8-;. The van der Waals surface area contributed by atoms with Gasteiger partial charge in [0.25, 0.3) is 5.91 Å². The molecule has 1 unspecified atom stereocenters. The lowest BCUT2D eigenvalue weighted by atomic mass is 10.1. The number of amides is 6. The predicted molar refractivity (Wildman–Crippen MR) is 175 cm³/mol. The third-order valence-electron chi connectivity index (χ3n) is 6.21. The highest BCUT2D eigenvalue weighted by atomic mass is 16.2. The van der Waals surface area contributed by atoms with Gasteiger partial charge >= 0.3 is 0 Å². The summed E-state index contributed by atoms with van der Waals surface area (Å²) in [6.45, 7) is 5.14. The number of benzene rings is 2. The maximum absolute atomic E-state index is 12.7. The number of hydrogen-bond donors (Lipinski definition) is 5. The Labute approximate surface area is 269 Å². The quantitative estimate of drug-likeness (QED) is 0.124. The van der Waals surface area contributed by atoms with E-state index in [1.807, 2.05) is 19.9 Å². The zero-order chi connectivity index (χ0) is 34.3. The van der Waals surface area contributed by atoms with Gasteiger partial charge in [0.1, 0.15) is 12.3 Å².